The third kappa shape index (κ3) is 3.21. The van der Waals surface area contributed by atoms with Gasteiger partial charge in [-0.15, -0.1) is 15.3 Å². The number of aromatic amines is 1. The third-order valence-electron chi connectivity index (χ3n) is 6.69. The predicted octanol–water partition coefficient (Wildman–Crippen LogP) is 3.52. The van der Waals surface area contributed by atoms with Crippen LogP contribution in [0.3, 0.4) is 0 Å². The average Bonchev–Trinajstić information content (AvgIpc) is 3.38. The lowest BCUT2D eigenvalue weighted by Gasteiger charge is -2.53. The molecule has 2 aliphatic heterocycles. The van der Waals surface area contributed by atoms with Gasteiger partial charge in [-0.3, -0.25) is 5.10 Å². The maximum atomic E-state index is 13.7. The highest BCUT2D eigenvalue weighted by molar-refractivity contribution is 7.22. The number of hydrogen-bond acceptors (Lipinski definition) is 8. The standard InChI is InChI=1S/C22H22FN7OS/c1-29-6-4-22(5-7-29)11-30(12-22)21-25-20-18(32-21)9-16(26-28-20)14-3-2-13(8-17(14)31)15-10-24-27-19(15)23/h2-3,8-10,31H,4-7,11-12H2,1H3,(H,24,27). The van der Waals surface area contributed by atoms with E-state index >= 15 is 0 Å². The minimum atomic E-state index is -0.608. The highest BCUT2D eigenvalue weighted by Gasteiger charge is 2.45. The number of hydrogen-bond donors (Lipinski definition) is 2. The second-order valence-corrected chi connectivity index (χ2v) is 9.90. The van der Waals surface area contributed by atoms with E-state index in [2.05, 4.69) is 42.2 Å². The zero-order valence-electron chi connectivity index (χ0n) is 17.5. The van der Waals surface area contributed by atoms with Gasteiger partial charge in [0.2, 0.25) is 5.95 Å². The molecule has 1 aromatic carbocycles. The molecule has 0 amide bonds. The van der Waals surface area contributed by atoms with Crippen LogP contribution in [-0.2, 0) is 0 Å². The SMILES string of the molecule is CN1CCC2(CC1)CN(c1nc3nnc(-c4ccc(-c5c[nH]nc5F)cc4O)cc3s1)C2. The van der Waals surface area contributed by atoms with E-state index in [1.165, 1.54) is 25.1 Å². The number of piperidine rings is 1. The molecule has 2 aliphatic rings. The van der Waals surface area contributed by atoms with Gasteiger partial charge in [0, 0.05) is 30.3 Å². The zero-order valence-corrected chi connectivity index (χ0v) is 18.4. The van der Waals surface area contributed by atoms with Gasteiger partial charge in [0.05, 0.1) is 16.0 Å². The van der Waals surface area contributed by atoms with Crippen LogP contribution in [0.5, 0.6) is 5.75 Å². The first-order chi connectivity index (χ1) is 15.5. The van der Waals surface area contributed by atoms with E-state index in [-0.39, 0.29) is 5.75 Å². The maximum absolute atomic E-state index is 13.7. The predicted molar refractivity (Wildman–Crippen MR) is 121 cm³/mol. The second kappa shape index (κ2) is 7.21. The first-order valence-electron chi connectivity index (χ1n) is 10.6. The second-order valence-electron chi connectivity index (χ2n) is 8.89. The van der Waals surface area contributed by atoms with Crippen LogP contribution in [-0.4, -0.2) is 68.6 Å². The molecule has 4 aromatic rings. The third-order valence-corrected chi connectivity index (χ3v) is 7.75. The number of likely N-dealkylation sites (tertiary alicyclic amines) is 1. The summed E-state index contributed by atoms with van der Waals surface area (Å²) < 4.78 is 14.7. The van der Waals surface area contributed by atoms with Crippen LogP contribution in [0.1, 0.15) is 12.8 Å². The summed E-state index contributed by atoms with van der Waals surface area (Å²) in [7, 11) is 2.19. The Labute approximate surface area is 187 Å². The number of benzene rings is 1. The molecule has 164 valence electrons. The molecule has 8 nitrogen and oxygen atoms in total. The summed E-state index contributed by atoms with van der Waals surface area (Å²) in [6.45, 7) is 4.43. The molecular formula is C22H22FN7OS. The molecule has 6 rings (SSSR count). The normalized spacial score (nSPS) is 18.4. The van der Waals surface area contributed by atoms with Gasteiger partial charge >= 0.3 is 0 Å². The molecule has 2 N–H and O–H groups in total. The number of aromatic hydroxyl groups is 1. The minimum absolute atomic E-state index is 0.00781. The summed E-state index contributed by atoms with van der Waals surface area (Å²) in [6.07, 6.45) is 3.94. The number of rotatable bonds is 3. The Bertz CT molecular complexity index is 1300. The van der Waals surface area contributed by atoms with Crippen molar-refractivity contribution in [2.75, 3.05) is 38.1 Å². The van der Waals surface area contributed by atoms with Crippen LogP contribution in [0.4, 0.5) is 9.52 Å². The minimum Gasteiger partial charge on any atom is -0.507 e. The molecule has 5 heterocycles. The molecule has 0 bridgehead atoms. The molecule has 0 aliphatic carbocycles. The van der Waals surface area contributed by atoms with Crippen molar-refractivity contribution in [2.24, 2.45) is 5.41 Å². The first-order valence-corrected chi connectivity index (χ1v) is 11.4. The summed E-state index contributed by atoms with van der Waals surface area (Å²) in [5, 5.41) is 26.1. The number of halogens is 1. The van der Waals surface area contributed by atoms with E-state index in [0.29, 0.717) is 33.4 Å². The summed E-state index contributed by atoms with van der Waals surface area (Å²) in [4.78, 5) is 9.42. The Morgan fingerprint density at radius 2 is 1.94 bits per heavy atom. The topological polar surface area (TPSA) is 94.1 Å². The first kappa shape index (κ1) is 19.6. The van der Waals surface area contributed by atoms with E-state index in [1.807, 2.05) is 6.07 Å². The van der Waals surface area contributed by atoms with Crippen molar-refractivity contribution in [1.29, 1.82) is 0 Å². The number of anilines is 1. The molecule has 3 aromatic heterocycles. The van der Waals surface area contributed by atoms with Gasteiger partial charge in [-0.1, -0.05) is 17.4 Å². The maximum Gasteiger partial charge on any atom is 0.240 e. The van der Waals surface area contributed by atoms with E-state index in [9.17, 15) is 9.50 Å². The van der Waals surface area contributed by atoms with Gasteiger partial charge in [0.25, 0.3) is 0 Å². The van der Waals surface area contributed by atoms with Crippen molar-refractivity contribution in [1.82, 2.24) is 30.3 Å². The van der Waals surface area contributed by atoms with Crippen LogP contribution in [0.15, 0.2) is 30.5 Å². The van der Waals surface area contributed by atoms with Gasteiger partial charge in [0.15, 0.2) is 10.8 Å². The van der Waals surface area contributed by atoms with Crippen molar-refractivity contribution >= 4 is 26.8 Å². The number of aromatic nitrogens is 5. The number of phenols is 1. The van der Waals surface area contributed by atoms with Crippen molar-refractivity contribution < 1.29 is 9.50 Å². The Morgan fingerprint density at radius 3 is 2.66 bits per heavy atom. The van der Waals surface area contributed by atoms with Crippen LogP contribution >= 0.6 is 11.3 Å². The Balaban J connectivity index is 1.25. The molecular weight excluding hydrogens is 429 g/mol. The highest BCUT2D eigenvalue weighted by atomic mass is 32.1. The molecule has 0 radical (unpaired) electrons. The quantitative estimate of drug-likeness (QED) is 0.492. The molecule has 0 atom stereocenters. The van der Waals surface area contributed by atoms with Crippen molar-refractivity contribution in [3.8, 4) is 28.1 Å². The summed E-state index contributed by atoms with van der Waals surface area (Å²) in [5.41, 5.74) is 2.98. The lowest BCUT2D eigenvalue weighted by molar-refractivity contribution is 0.0906. The molecule has 10 heteroatoms. The van der Waals surface area contributed by atoms with Crippen LogP contribution < -0.4 is 4.90 Å². The Kier molecular flexibility index (Phi) is 4.41. The Morgan fingerprint density at radius 1 is 1.12 bits per heavy atom. The van der Waals surface area contributed by atoms with Crippen LogP contribution in [0.25, 0.3) is 32.7 Å². The van der Waals surface area contributed by atoms with E-state index < -0.39 is 5.95 Å². The molecule has 1 spiro atoms. The number of phenolic OH excluding ortho intramolecular Hbond substituents is 1. The molecule has 2 fully saturated rings. The Hall–Kier alpha value is -3.11. The van der Waals surface area contributed by atoms with Crippen LogP contribution in [0, 0.1) is 11.4 Å². The number of nitrogens with zero attached hydrogens (tertiary/aromatic N) is 6. The van der Waals surface area contributed by atoms with Gasteiger partial charge in [0.1, 0.15) is 5.75 Å². The number of thiazole rings is 1. The van der Waals surface area contributed by atoms with Gasteiger partial charge in [-0.2, -0.15) is 9.37 Å². The van der Waals surface area contributed by atoms with Gasteiger partial charge in [-0.05, 0) is 56.7 Å². The smallest absolute Gasteiger partial charge is 0.240 e. The largest absolute Gasteiger partial charge is 0.507 e. The van der Waals surface area contributed by atoms with Crippen molar-refractivity contribution in [3.63, 3.8) is 0 Å². The molecule has 32 heavy (non-hydrogen) atoms. The summed E-state index contributed by atoms with van der Waals surface area (Å²) >= 11 is 1.61. The molecule has 0 saturated carbocycles. The number of fused-ring (bicyclic) bond motifs is 1. The van der Waals surface area contributed by atoms with E-state index in [0.717, 1.165) is 36.0 Å². The van der Waals surface area contributed by atoms with E-state index in [4.69, 9.17) is 0 Å². The molecule has 0 unspecified atom stereocenters. The highest BCUT2D eigenvalue weighted by Crippen LogP contribution is 2.44. The fraction of sp³-hybridized carbons (Fsp3) is 0.364. The van der Waals surface area contributed by atoms with Crippen LogP contribution in [0.2, 0.25) is 0 Å². The lowest BCUT2D eigenvalue weighted by Crippen LogP contribution is -2.60. The number of H-pyrrole nitrogens is 1. The monoisotopic (exact) mass is 451 g/mol. The lowest BCUT2D eigenvalue weighted by atomic mass is 9.72. The van der Waals surface area contributed by atoms with Crippen molar-refractivity contribution in [2.45, 2.75) is 12.8 Å². The average molecular weight is 452 g/mol. The zero-order chi connectivity index (χ0) is 21.9. The summed E-state index contributed by atoms with van der Waals surface area (Å²) in [6, 6.07) is 6.86. The van der Waals surface area contributed by atoms with Gasteiger partial charge < -0.3 is 14.9 Å². The van der Waals surface area contributed by atoms with Crippen molar-refractivity contribution in [3.05, 3.63) is 36.4 Å². The van der Waals surface area contributed by atoms with E-state index in [1.54, 1.807) is 23.5 Å². The fourth-order valence-electron chi connectivity index (χ4n) is 4.70. The summed E-state index contributed by atoms with van der Waals surface area (Å²) in [5.74, 6) is -0.600. The van der Waals surface area contributed by atoms with Gasteiger partial charge in [-0.25, -0.2) is 0 Å². The molecule has 2 saturated heterocycles. The fourth-order valence-corrected chi connectivity index (χ4v) is 5.63. The number of nitrogens with one attached hydrogen (secondary N) is 1.